The number of benzene rings is 3. The Kier molecular flexibility index (Phi) is 4.70. The van der Waals surface area contributed by atoms with Gasteiger partial charge < -0.3 is 0 Å². The quantitative estimate of drug-likeness (QED) is 0.549. The third-order valence-electron chi connectivity index (χ3n) is 3.93. The standard InChI is InChI=1S/C21H15F3O/c22-21(23,24)17-10-6-7-15(13-17)14-20(25)19-12-5-4-11-18(19)16-8-2-1-3-9-16/h1-13H,14H2. The van der Waals surface area contributed by atoms with Crippen molar-refractivity contribution >= 4 is 5.78 Å². The van der Waals surface area contributed by atoms with E-state index in [4.69, 9.17) is 0 Å². The monoisotopic (exact) mass is 340 g/mol. The molecule has 0 amide bonds. The first-order chi connectivity index (χ1) is 11.9. The van der Waals surface area contributed by atoms with Crippen molar-refractivity contribution in [2.75, 3.05) is 0 Å². The maximum absolute atomic E-state index is 12.8. The molecule has 0 aliphatic rings. The number of carbonyl (C=O) groups is 1. The second-order valence-corrected chi connectivity index (χ2v) is 5.71. The second-order valence-electron chi connectivity index (χ2n) is 5.71. The zero-order valence-corrected chi connectivity index (χ0v) is 13.3. The average molecular weight is 340 g/mol. The first-order valence-electron chi connectivity index (χ1n) is 7.79. The van der Waals surface area contributed by atoms with Crippen LogP contribution in [0.3, 0.4) is 0 Å². The largest absolute Gasteiger partial charge is 0.416 e. The van der Waals surface area contributed by atoms with E-state index in [1.54, 1.807) is 12.1 Å². The summed E-state index contributed by atoms with van der Waals surface area (Å²) in [6.07, 6.45) is -4.49. The summed E-state index contributed by atoms with van der Waals surface area (Å²) in [7, 11) is 0. The molecular formula is C21H15F3O. The molecule has 4 heteroatoms. The summed E-state index contributed by atoms with van der Waals surface area (Å²) < 4.78 is 38.5. The number of rotatable bonds is 4. The minimum Gasteiger partial charge on any atom is -0.294 e. The van der Waals surface area contributed by atoms with Gasteiger partial charge in [-0.05, 0) is 22.8 Å². The summed E-state index contributed by atoms with van der Waals surface area (Å²) in [6, 6.07) is 21.5. The van der Waals surface area contributed by atoms with Crippen molar-refractivity contribution < 1.29 is 18.0 Å². The van der Waals surface area contributed by atoms with Gasteiger partial charge in [0.05, 0.1) is 5.56 Å². The van der Waals surface area contributed by atoms with Crippen molar-refractivity contribution in [1.82, 2.24) is 0 Å². The van der Waals surface area contributed by atoms with Crippen LogP contribution < -0.4 is 0 Å². The highest BCUT2D eigenvalue weighted by molar-refractivity contribution is 6.03. The van der Waals surface area contributed by atoms with Crippen LogP contribution in [0.2, 0.25) is 0 Å². The SMILES string of the molecule is O=C(Cc1cccc(C(F)(F)F)c1)c1ccccc1-c1ccccc1. The molecular weight excluding hydrogens is 325 g/mol. The van der Waals surface area contributed by atoms with Gasteiger partial charge in [-0.15, -0.1) is 0 Å². The number of alkyl halides is 3. The summed E-state index contributed by atoms with van der Waals surface area (Å²) in [5.74, 6) is -0.209. The van der Waals surface area contributed by atoms with Crippen molar-refractivity contribution in [3.8, 4) is 11.1 Å². The number of ketones is 1. The summed E-state index contributed by atoms with van der Waals surface area (Å²) in [6.45, 7) is 0. The van der Waals surface area contributed by atoms with Gasteiger partial charge in [0, 0.05) is 12.0 Å². The normalized spacial score (nSPS) is 11.3. The Bertz CT molecular complexity index is 883. The van der Waals surface area contributed by atoms with E-state index in [1.165, 1.54) is 12.1 Å². The molecule has 0 saturated heterocycles. The van der Waals surface area contributed by atoms with E-state index in [9.17, 15) is 18.0 Å². The fraction of sp³-hybridized carbons (Fsp3) is 0.0952. The lowest BCUT2D eigenvalue weighted by molar-refractivity contribution is -0.137. The van der Waals surface area contributed by atoms with Crippen molar-refractivity contribution in [3.05, 3.63) is 95.6 Å². The third-order valence-corrected chi connectivity index (χ3v) is 3.93. The molecule has 126 valence electrons. The van der Waals surface area contributed by atoms with Gasteiger partial charge in [-0.2, -0.15) is 13.2 Å². The van der Waals surface area contributed by atoms with Gasteiger partial charge >= 0.3 is 6.18 Å². The lowest BCUT2D eigenvalue weighted by atomic mass is 9.94. The van der Waals surface area contributed by atoms with Crippen LogP contribution in [0.25, 0.3) is 11.1 Å². The molecule has 0 spiro atoms. The second kappa shape index (κ2) is 6.93. The Balaban J connectivity index is 1.91. The van der Waals surface area contributed by atoms with Crippen molar-refractivity contribution in [2.24, 2.45) is 0 Å². The summed E-state index contributed by atoms with van der Waals surface area (Å²) in [5, 5.41) is 0. The van der Waals surface area contributed by atoms with Gasteiger partial charge in [0.15, 0.2) is 5.78 Å². The molecule has 0 fully saturated rings. The first kappa shape index (κ1) is 17.0. The maximum atomic E-state index is 12.8. The highest BCUT2D eigenvalue weighted by Gasteiger charge is 2.30. The Morgan fingerprint density at radius 2 is 1.48 bits per heavy atom. The molecule has 0 aliphatic heterocycles. The summed E-state index contributed by atoms with van der Waals surface area (Å²) in [4.78, 5) is 12.7. The number of halogens is 3. The Morgan fingerprint density at radius 1 is 0.800 bits per heavy atom. The molecule has 0 saturated carbocycles. The van der Waals surface area contributed by atoms with E-state index in [-0.39, 0.29) is 12.2 Å². The number of carbonyl (C=O) groups excluding carboxylic acids is 1. The molecule has 0 aromatic heterocycles. The smallest absolute Gasteiger partial charge is 0.294 e. The molecule has 0 heterocycles. The zero-order chi connectivity index (χ0) is 17.9. The number of hydrogen-bond acceptors (Lipinski definition) is 1. The number of Topliss-reactive ketones (excluding diaryl/α,β-unsaturated/α-hetero) is 1. The van der Waals surface area contributed by atoms with Gasteiger partial charge in [-0.3, -0.25) is 4.79 Å². The van der Waals surface area contributed by atoms with Gasteiger partial charge in [-0.1, -0.05) is 72.8 Å². The van der Waals surface area contributed by atoms with Crippen LogP contribution in [0.4, 0.5) is 13.2 Å². The highest BCUT2D eigenvalue weighted by Crippen LogP contribution is 2.30. The van der Waals surface area contributed by atoms with Crippen LogP contribution >= 0.6 is 0 Å². The van der Waals surface area contributed by atoms with E-state index in [0.717, 1.165) is 23.3 Å². The van der Waals surface area contributed by atoms with Crippen LogP contribution in [-0.4, -0.2) is 5.78 Å². The zero-order valence-electron chi connectivity index (χ0n) is 13.3. The van der Waals surface area contributed by atoms with Crippen LogP contribution in [0.5, 0.6) is 0 Å². The van der Waals surface area contributed by atoms with Crippen LogP contribution in [-0.2, 0) is 12.6 Å². The molecule has 0 radical (unpaired) electrons. The molecule has 1 nitrogen and oxygen atoms in total. The van der Waals surface area contributed by atoms with E-state index in [0.29, 0.717) is 11.1 Å². The molecule has 0 N–H and O–H groups in total. The Hall–Kier alpha value is -2.88. The average Bonchev–Trinajstić information content (AvgIpc) is 2.62. The van der Waals surface area contributed by atoms with Crippen LogP contribution in [0, 0.1) is 0 Å². The van der Waals surface area contributed by atoms with Gasteiger partial charge in [0.1, 0.15) is 0 Å². The minimum absolute atomic E-state index is 0.0756. The lowest BCUT2D eigenvalue weighted by Crippen LogP contribution is -2.08. The molecule has 3 aromatic carbocycles. The van der Waals surface area contributed by atoms with Crippen molar-refractivity contribution in [1.29, 1.82) is 0 Å². The van der Waals surface area contributed by atoms with Gasteiger partial charge in [0.2, 0.25) is 0 Å². The van der Waals surface area contributed by atoms with Crippen LogP contribution in [0.15, 0.2) is 78.9 Å². The number of hydrogen-bond donors (Lipinski definition) is 0. The topological polar surface area (TPSA) is 17.1 Å². The third kappa shape index (κ3) is 3.97. The molecule has 0 atom stereocenters. The van der Waals surface area contributed by atoms with E-state index < -0.39 is 11.7 Å². The Morgan fingerprint density at radius 3 is 2.20 bits per heavy atom. The van der Waals surface area contributed by atoms with E-state index in [1.807, 2.05) is 42.5 Å². The van der Waals surface area contributed by atoms with Gasteiger partial charge in [0.25, 0.3) is 0 Å². The maximum Gasteiger partial charge on any atom is 0.416 e. The molecule has 0 unspecified atom stereocenters. The molecule has 0 bridgehead atoms. The first-order valence-corrected chi connectivity index (χ1v) is 7.79. The van der Waals surface area contributed by atoms with Gasteiger partial charge in [-0.25, -0.2) is 0 Å². The predicted octanol–water partition coefficient (Wildman–Crippen LogP) is 5.80. The predicted molar refractivity (Wildman–Crippen MR) is 91.4 cm³/mol. The minimum atomic E-state index is -4.42. The summed E-state index contributed by atoms with van der Waals surface area (Å²) >= 11 is 0. The Labute approximate surface area is 143 Å². The molecule has 25 heavy (non-hydrogen) atoms. The highest BCUT2D eigenvalue weighted by atomic mass is 19.4. The molecule has 0 aliphatic carbocycles. The van der Waals surface area contributed by atoms with Crippen molar-refractivity contribution in [2.45, 2.75) is 12.6 Å². The van der Waals surface area contributed by atoms with Crippen molar-refractivity contribution in [3.63, 3.8) is 0 Å². The molecule has 3 rings (SSSR count). The van der Waals surface area contributed by atoms with Crippen LogP contribution in [0.1, 0.15) is 21.5 Å². The fourth-order valence-corrected chi connectivity index (χ4v) is 2.73. The summed E-state index contributed by atoms with van der Waals surface area (Å²) in [5.41, 5.74) is 1.79. The molecule has 3 aromatic rings. The van der Waals surface area contributed by atoms with E-state index >= 15 is 0 Å². The van der Waals surface area contributed by atoms with E-state index in [2.05, 4.69) is 0 Å². The lowest BCUT2D eigenvalue weighted by Gasteiger charge is -2.11. The fourth-order valence-electron chi connectivity index (χ4n) is 2.73.